The molecule has 1 fully saturated rings. The van der Waals surface area contributed by atoms with Gasteiger partial charge in [-0.1, -0.05) is 32.9 Å². The van der Waals surface area contributed by atoms with Crippen LogP contribution in [0.1, 0.15) is 50.4 Å². The minimum atomic E-state index is -0.530. The van der Waals surface area contributed by atoms with Crippen molar-refractivity contribution in [2.75, 3.05) is 18.0 Å². The van der Waals surface area contributed by atoms with Gasteiger partial charge < -0.3 is 9.80 Å². The number of anilines is 1. The fraction of sp³-hybridized carbons (Fsp3) is 0.526. The van der Waals surface area contributed by atoms with Crippen LogP contribution in [0, 0.1) is 5.41 Å². The Hall–Kier alpha value is -2.17. The summed E-state index contributed by atoms with van der Waals surface area (Å²) in [4.78, 5) is 41.8. The number of hydrogen-bond acceptors (Lipinski definition) is 3. The van der Waals surface area contributed by atoms with Gasteiger partial charge in [-0.25, -0.2) is 0 Å². The number of amides is 2. The van der Waals surface area contributed by atoms with Gasteiger partial charge in [-0.2, -0.15) is 0 Å². The van der Waals surface area contributed by atoms with E-state index in [-0.39, 0.29) is 24.1 Å². The van der Waals surface area contributed by atoms with E-state index in [1.807, 2.05) is 20.8 Å². The van der Waals surface area contributed by atoms with Crippen LogP contribution in [-0.4, -0.2) is 41.6 Å². The number of ketones is 1. The topological polar surface area (TPSA) is 57.7 Å². The molecular weight excluding hydrogens is 304 g/mol. The molecule has 0 bridgehead atoms. The summed E-state index contributed by atoms with van der Waals surface area (Å²) in [6.45, 7) is 6.16. The maximum Gasteiger partial charge on any atom is 0.256 e. The maximum absolute atomic E-state index is 13.1. The molecule has 1 aromatic carbocycles. The average molecular weight is 328 g/mol. The Morgan fingerprint density at radius 2 is 1.88 bits per heavy atom. The summed E-state index contributed by atoms with van der Waals surface area (Å²) in [5.74, 6) is -0.248. The van der Waals surface area contributed by atoms with Gasteiger partial charge in [0.05, 0.1) is 17.8 Å². The molecule has 2 amide bonds. The van der Waals surface area contributed by atoms with Crippen LogP contribution in [0.15, 0.2) is 24.3 Å². The fourth-order valence-electron chi connectivity index (χ4n) is 3.32. The summed E-state index contributed by atoms with van der Waals surface area (Å²) in [6, 6.07) is 6.66. The molecule has 5 heteroatoms. The summed E-state index contributed by atoms with van der Waals surface area (Å²) in [5, 5.41) is 0. The fourth-order valence-corrected chi connectivity index (χ4v) is 3.32. The van der Waals surface area contributed by atoms with Crippen LogP contribution in [-0.2, 0) is 9.59 Å². The summed E-state index contributed by atoms with van der Waals surface area (Å²) >= 11 is 0. The van der Waals surface area contributed by atoms with E-state index in [0.29, 0.717) is 24.2 Å². The standard InChI is InChI=1S/C19H24N2O3/c1-19(2,3)16(22)12-21-14-9-5-4-8-13(14)17(23)20-11-7-6-10-15(20)18(21)24/h4-5,8-9,15H,6-7,10-12H2,1-3H3. The zero-order chi connectivity index (χ0) is 17.5. The maximum atomic E-state index is 13.1. The number of piperidine rings is 1. The molecule has 128 valence electrons. The van der Waals surface area contributed by atoms with Crippen LogP contribution in [0.3, 0.4) is 0 Å². The molecule has 5 nitrogen and oxygen atoms in total. The molecule has 0 aliphatic carbocycles. The first-order chi connectivity index (χ1) is 11.3. The number of carbonyl (C=O) groups is 3. The highest BCUT2D eigenvalue weighted by atomic mass is 16.2. The normalized spacial score (nSPS) is 21.2. The Kier molecular flexibility index (Phi) is 4.20. The van der Waals surface area contributed by atoms with Crippen LogP contribution >= 0.6 is 0 Å². The van der Waals surface area contributed by atoms with E-state index in [1.54, 1.807) is 29.2 Å². The van der Waals surface area contributed by atoms with Gasteiger partial charge in [-0.15, -0.1) is 0 Å². The van der Waals surface area contributed by atoms with Gasteiger partial charge in [0.2, 0.25) is 5.91 Å². The Bertz CT molecular complexity index is 690. The Balaban J connectivity index is 2.06. The number of carbonyl (C=O) groups excluding carboxylic acids is 3. The molecule has 1 unspecified atom stereocenters. The van der Waals surface area contributed by atoms with E-state index >= 15 is 0 Å². The van der Waals surface area contributed by atoms with E-state index in [4.69, 9.17) is 0 Å². The number of rotatable bonds is 2. The Morgan fingerprint density at radius 3 is 2.58 bits per heavy atom. The number of benzene rings is 1. The van der Waals surface area contributed by atoms with Gasteiger partial charge in [-0.3, -0.25) is 14.4 Å². The van der Waals surface area contributed by atoms with Gasteiger partial charge in [0, 0.05) is 12.0 Å². The molecule has 1 aromatic rings. The lowest BCUT2D eigenvalue weighted by Gasteiger charge is -2.34. The third-order valence-electron chi connectivity index (χ3n) is 4.88. The molecule has 3 rings (SSSR count). The van der Waals surface area contributed by atoms with E-state index < -0.39 is 11.5 Å². The Morgan fingerprint density at radius 1 is 1.17 bits per heavy atom. The monoisotopic (exact) mass is 328 g/mol. The van der Waals surface area contributed by atoms with Crippen molar-refractivity contribution in [3.63, 3.8) is 0 Å². The minimum absolute atomic E-state index is 0.0109. The van der Waals surface area contributed by atoms with Crippen molar-refractivity contribution in [2.24, 2.45) is 5.41 Å². The minimum Gasteiger partial charge on any atom is -0.327 e. The highest BCUT2D eigenvalue weighted by molar-refractivity contribution is 6.13. The quantitative estimate of drug-likeness (QED) is 0.838. The molecule has 0 N–H and O–H groups in total. The first-order valence-electron chi connectivity index (χ1n) is 8.55. The molecule has 2 heterocycles. The van der Waals surface area contributed by atoms with Crippen LogP contribution in [0.25, 0.3) is 0 Å². The van der Waals surface area contributed by atoms with Gasteiger partial charge in [0.1, 0.15) is 6.04 Å². The molecule has 0 saturated carbocycles. The highest BCUT2D eigenvalue weighted by Crippen LogP contribution is 2.32. The first-order valence-corrected chi connectivity index (χ1v) is 8.55. The third kappa shape index (κ3) is 2.83. The Labute approximate surface area is 142 Å². The highest BCUT2D eigenvalue weighted by Gasteiger charge is 2.41. The molecule has 1 atom stereocenters. The van der Waals surface area contributed by atoms with E-state index in [9.17, 15) is 14.4 Å². The van der Waals surface area contributed by atoms with Gasteiger partial charge >= 0.3 is 0 Å². The van der Waals surface area contributed by atoms with Gasteiger partial charge in [0.15, 0.2) is 5.78 Å². The van der Waals surface area contributed by atoms with Crippen LogP contribution in [0.4, 0.5) is 5.69 Å². The van der Waals surface area contributed by atoms with Crippen molar-refractivity contribution in [3.05, 3.63) is 29.8 Å². The number of nitrogens with zero attached hydrogens (tertiary/aromatic N) is 2. The lowest BCUT2D eigenvalue weighted by Crippen LogP contribution is -2.52. The summed E-state index contributed by atoms with van der Waals surface area (Å²) in [6.07, 6.45) is 2.51. The van der Waals surface area contributed by atoms with Crippen molar-refractivity contribution in [1.82, 2.24) is 4.90 Å². The zero-order valence-electron chi connectivity index (χ0n) is 14.5. The predicted molar refractivity (Wildman–Crippen MR) is 91.9 cm³/mol. The molecule has 1 saturated heterocycles. The van der Waals surface area contributed by atoms with E-state index in [0.717, 1.165) is 12.8 Å². The SMILES string of the molecule is CC(C)(C)C(=O)CN1C(=O)C2CCCCN2C(=O)c2ccccc21. The van der Waals surface area contributed by atoms with Crippen molar-refractivity contribution in [3.8, 4) is 0 Å². The molecule has 2 aliphatic heterocycles. The second-order valence-corrected chi connectivity index (χ2v) is 7.62. The number of Topliss-reactive ketones (excluding diaryl/α,β-unsaturated/α-hetero) is 1. The molecule has 2 aliphatic rings. The molecular formula is C19H24N2O3. The molecule has 0 radical (unpaired) electrons. The lowest BCUT2D eigenvalue weighted by molar-refractivity contribution is -0.129. The second-order valence-electron chi connectivity index (χ2n) is 7.62. The van der Waals surface area contributed by atoms with Crippen molar-refractivity contribution in [2.45, 2.75) is 46.1 Å². The predicted octanol–water partition coefficient (Wildman–Crippen LogP) is 2.64. The molecule has 24 heavy (non-hydrogen) atoms. The second kappa shape index (κ2) is 6.04. The zero-order valence-corrected chi connectivity index (χ0v) is 14.5. The van der Waals surface area contributed by atoms with Crippen molar-refractivity contribution >= 4 is 23.3 Å². The largest absolute Gasteiger partial charge is 0.327 e. The average Bonchev–Trinajstić information content (AvgIpc) is 2.64. The summed E-state index contributed by atoms with van der Waals surface area (Å²) in [7, 11) is 0. The van der Waals surface area contributed by atoms with E-state index in [2.05, 4.69) is 0 Å². The van der Waals surface area contributed by atoms with Gasteiger partial charge in [0.25, 0.3) is 5.91 Å². The number of hydrogen-bond donors (Lipinski definition) is 0. The van der Waals surface area contributed by atoms with E-state index in [1.165, 1.54) is 4.90 Å². The van der Waals surface area contributed by atoms with Crippen molar-refractivity contribution < 1.29 is 14.4 Å². The third-order valence-corrected chi connectivity index (χ3v) is 4.88. The van der Waals surface area contributed by atoms with Crippen LogP contribution < -0.4 is 4.90 Å². The van der Waals surface area contributed by atoms with Crippen molar-refractivity contribution in [1.29, 1.82) is 0 Å². The summed E-state index contributed by atoms with van der Waals surface area (Å²) < 4.78 is 0. The lowest BCUT2D eigenvalue weighted by atomic mass is 9.90. The van der Waals surface area contributed by atoms with Gasteiger partial charge in [-0.05, 0) is 31.4 Å². The summed E-state index contributed by atoms with van der Waals surface area (Å²) in [5.41, 5.74) is 0.536. The van der Waals surface area contributed by atoms with Crippen LogP contribution in [0.5, 0.6) is 0 Å². The smallest absolute Gasteiger partial charge is 0.256 e. The molecule has 0 aromatic heterocycles. The first kappa shape index (κ1) is 16.7. The number of para-hydroxylation sites is 1. The molecule has 0 spiro atoms. The van der Waals surface area contributed by atoms with Crippen LogP contribution in [0.2, 0.25) is 0 Å². The number of fused-ring (bicyclic) bond motifs is 2.